The Kier molecular flexibility index (Phi) is 3.42. The van der Waals surface area contributed by atoms with Crippen LogP contribution in [0.4, 0.5) is 4.39 Å². The van der Waals surface area contributed by atoms with Gasteiger partial charge in [0.15, 0.2) is 0 Å². The van der Waals surface area contributed by atoms with Crippen LogP contribution >= 0.6 is 15.9 Å². The topological polar surface area (TPSA) is 3.24 Å². The summed E-state index contributed by atoms with van der Waals surface area (Å²) in [7, 11) is 0. The molecule has 0 aliphatic carbocycles. The van der Waals surface area contributed by atoms with Gasteiger partial charge < -0.3 is 0 Å². The van der Waals surface area contributed by atoms with Gasteiger partial charge in [0, 0.05) is 24.1 Å². The van der Waals surface area contributed by atoms with Crippen LogP contribution < -0.4 is 0 Å². The van der Waals surface area contributed by atoms with Gasteiger partial charge in [0.2, 0.25) is 0 Å². The highest BCUT2D eigenvalue weighted by Crippen LogP contribution is 2.24. The van der Waals surface area contributed by atoms with Crippen LogP contribution in [-0.4, -0.2) is 24.2 Å². The minimum Gasteiger partial charge on any atom is -0.296 e. The molecule has 1 aliphatic rings. The zero-order valence-electron chi connectivity index (χ0n) is 8.84. The monoisotopic (exact) mass is 271 g/mol. The molecule has 0 unspecified atom stereocenters. The Morgan fingerprint density at radius 2 is 2.33 bits per heavy atom. The third-order valence-electron chi connectivity index (χ3n) is 2.88. The predicted molar refractivity (Wildman–Crippen MR) is 63.7 cm³/mol. The maximum absolute atomic E-state index is 13.0. The Morgan fingerprint density at radius 3 is 3.00 bits per heavy atom. The highest BCUT2D eigenvalue weighted by atomic mass is 79.9. The van der Waals surface area contributed by atoms with Gasteiger partial charge in [0.1, 0.15) is 6.17 Å². The predicted octanol–water partition coefficient (Wildman–Crippen LogP) is 3.30. The number of hydrogen-bond acceptors (Lipinski definition) is 1. The lowest BCUT2D eigenvalue weighted by Gasteiger charge is -2.16. The Morgan fingerprint density at radius 1 is 1.53 bits per heavy atom. The molecule has 3 heteroatoms. The summed E-state index contributed by atoms with van der Waals surface area (Å²) < 4.78 is 14.2. The van der Waals surface area contributed by atoms with E-state index in [9.17, 15) is 4.39 Å². The van der Waals surface area contributed by atoms with E-state index in [2.05, 4.69) is 46.0 Å². The van der Waals surface area contributed by atoms with E-state index in [4.69, 9.17) is 0 Å². The third-order valence-corrected chi connectivity index (χ3v) is 4.02. The molecule has 1 aromatic carbocycles. The fraction of sp³-hybridized carbons (Fsp3) is 0.500. The third kappa shape index (κ3) is 2.58. The van der Waals surface area contributed by atoms with Gasteiger partial charge in [-0.1, -0.05) is 34.1 Å². The molecule has 0 radical (unpaired) electrons. The van der Waals surface area contributed by atoms with Gasteiger partial charge in [0.05, 0.1) is 0 Å². The highest BCUT2D eigenvalue weighted by molar-refractivity contribution is 9.10. The number of hydrogen-bond donors (Lipinski definition) is 0. The summed E-state index contributed by atoms with van der Waals surface area (Å²) in [6, 6.07) is 6.23. The molecule has 1 heterocycles. The SMILES string of the molecule is Cc1cccc(CN2CC[C@@H](F)C2)c1Br. The van der Waals surface area contributed by atoms with Gasteiger partial charge in [-0.05, 0) is 24.5 Å². The Bertz CT molecular complexity index is 353. The van der Waals surface area contributed by atoms with Crippen LogP contribution in [0.5, 0.6) is 0 Å². The molecule has 0 N–H and O–H groups in total. The molecule has 0 saturated carbocycles. The summed E-state index contributed by atoms with van der Waals surface area (Å²) in [5, 5.41) is 0. The molecule has 0 spiro atoms. The van der Waals surface area contributed by atoms with E-state index in [1.54, 1.807) is 0 Å². The smallest absolute Gasteiger partial charge is 0.114 e. The van der Waals surface area contributed by atoms with Gasteiger partial charge in [0.25, 0.3) is 0 Å². The Balaban J connectivity index is 2.07. The van der Waals surface area contributed by atoms with Crippen LogP contribution in [0.2, 0.25) is 0 Å². The van der Waals surface area contributed by atoms with Crippen molar-refractivity contribution in [3.05, 3.63) is 33.8 Å². The van der Waals surface area contributed by atoms with Crippen LogP contribution in [0, 0.1) is 6.92 Å². The molecule has 1 saturated heterocycles. The average molecular weight is 272 g/mol. The lowest BCUT2D eigenvalue weighted by atomic mass is 10.1. The van der Waals surface area contributed by atoms with Crippen molar-refractivity contribution in [3.8, 4) is 0 Å². The van der Waals surface area contributed by atoms with Crippen LogP contribution in [0.15, 0.2) is 22.7 Å². The van der Waals surface area contributed by atoms with Crippen LogP contribution in [-0.2, 0) is 6.54 Å². The fourth-order valence-corrected chi connectivity index (χ4v) is 2.39. The largest absolute Gasteiger partial charge is 0.296 e. The van der Waals surface area contributed by atoms with Crippen molar-refractivity contribution in [2.24, 2.45) is 0 Å². The van der Waals surface area contributed by atoms with E-state index in [0.29, 0.717) is 13.0 Å². The highest BCUT2D eigenvalue weighted by Gasteiger charge is 2.22. The lowest BCUT2D eigenvalue weighted by Crippen LogP contribution is -2.20. The van der Waals surface area contributed by atoms with Gasteiger partial charge in [-0.15, -0.1) is 0 Å². The number of likely N-dealkylation sites (tertiary alicyclic amines) is 1. The molecule has 82 valence electrons. The maximum Gasteiger partial charge on any atom is 0.114 e. The second-order valence-corrected chi connectivity index (χ2v) is 4.96. The summed E-state index contributed by atoms with van der Waals surface area (Å²) >= 11 is 3.58. The number of nitrogens with zero attached hydrogens (tertiary/aromatic N) is 1. The van der Waals surface area contributed by atoms with Gasteiger partial charge >= 0.3 is 0 Å². The molecule has 0 amide bonds. The minimum absolute atomic E-state index is 0.584. The summed E-state index contributed by atoms with van der Waals surface area (Å²) in [6.45, 7) is 4.39. The minimum atomic E-state index is -0.631. The van der Waals surface area contributed by atoms with E-state index < -0.39 is 6.17 Å². The Labute approximate surface area is 98.4 Å². The van der Waals surface area contributed by atoms with E-state index >= 15 is 0 Å². The lowest BCUT2D eigenvalue weighted by molar-refractivity contribution is 0.282. The molecule has 0 aromatic heterocycles. The molecule has 1 aromatic rings. The molecule has 1 nitrogen and oxygen atoms in total. The first-order valence-electron chi connectivity index (χ1n) is 5.27. The second-order valence-electron chi connectivity index (χ2n) is 4.17. The molecular formula is C12H15BrFN. The second kappa shape index (κ2) is 4.62. The van der Waals surface area contributed by atoms with Crippen LogP contribution in [0.1, 0.15) is 17.5 Å². The normalized spacial score (nSPS) is 22.2. The molecule has 1 aliphatic heterocycles. The quantitative estimate of drug-likeness (QED) is 0.798. The van der Waals surface area contributed by atoms with Crippen molar-refractivity contribution in [1.82, 2.24) is 4.90 Å². The number of aryl methyl sites for hydroxylation is 1. The van der Waals surface area contributed by atoms with Crippen molar-refractivity contribution >= 4 is 15.9 Å². The van der Waals surface area contributed by atoms with Gasteiger partial charge in [-0.3, -0.25) is 4.90 Å². The number of alkyl halides is 1. The average Bonchev–Trinajstić information content (AvgIpc) is 2.59. The van der Waals surface area contributed by atoms with Gasteiger partial charge in [-0.25, -0.2) is 4.39 Å². The zero-order chi connectivity index (χ0) is 10.8. The van der Waals surface area contributed by atoms with Crippen LogP contribution in [0.25, 0.3) is 0 Å². The molecule has 1 fully saturated rings. The first kappa shape index (κ1) is 11.1. The van der Waals surface area contributed by atoms with E-state index in [0.717, 1.165) is 17.6 Å². The fourth-order valence-electron chi connectivity index (χ4n) is 2.00. The summed E-state index contributed by atoms with van der Waals surface area (Å²) in [6.07, 6.45) is 0.0530. The first-order valence-corrected chi connectivity index (χ1v) is 6.06. The molecular weight excluding hydrogens is 257 g/mol. The van der Waals surface area contributed by atoms with E-state index in [-0.39, 0.29) is 0 Å². The molecule has 1 atom stereocenters. The first-order chi connectivity index (χ1) is 7.16. The van der Waals surface area contributed by atoms with Crippen molar-refractivity contribution in [1.29, 1.82) is 0 Å². The molecule has 0 bridgehead atoms. The van der Waals surface area contributed by atoms with E-state index in [1.165, 1.54) is 11.1 Å². The maximum atomic E-state index is 13.0. The van der Waals surface area contributed by atoms with Gasteiger partial charge in [-0.2, -0.15) is 0 Å². The van der Waals surface area contributed by atoms with Crippen molar-refractivity contribution in [2.75, 3.05) is 13.1 Å². The van der Waals surface area contributed by atoms with E-state index in [1.807, 2.05) is 0 Å². The van der Waals surface area contributed by atoms with Crippen molar-refractivity contribution < 1.29 is 4.39 Å². The van der Waals surface area contributed by atoms with Crippen LogP contribution in [0.3, 0.4) is 0 Å². The van der Waals surface area contributed by atoms with Crippen molar-refractivity contribution in [2.45, 2.75) is 26.1 Å². The standard InChI is InChI=1S/C12H15BrFN/c1-9-3-2-4-10(12(9)13)7-15-6-5-11(14)8-15/h2-4,11H,5-8H2,1H3/t11-/m1/s1. The number of rotatable bonds is 2. The number of halogens is 2. The number of benzene rings is 1. The summed E-state index contributed by atoms with van der Waals surface area (Å²) in [5.41, 5.74) is 2.49. The summed E-state index contributed by atoms with van der Waals surface area (Å²) in [5.74, 6) is 0. The molecule has 2 rings (SSSR count). The Hall–Kier alpha value is -0.410. The molecule has 15 heavy (non-hydrogen) atoms. The zero-order valence-corrected chi connectivity index (χ0v) is 10.4. The summed E-state index contributed by atoms with van der Waals surface area (Å²) in [4.78, 5) is 2.17. The van der Waals surface area contributed by atoms with Crippen molar-refractivity contribution in [3.63, 3.8) is 0 Å².